The normalized spacial score (nSPS) is 11.5. The monoisotopic (exact) mass is 463 g/mol. The SMILES string of the molecule is CCCCN(CC(F)(F)F)C(=O)c1cc(Br)ccc1I. The summed E-state index contributed by atoms with van der Waals surface area (Å²) in [5, 5.41) is 0. The van der Waals surface area contributed by atoms with E-state index < -0.39 is 18.6 Å². The average molecular weight is 464 g/mol. The third kappa shape index (κ3) is 5.59. The van der Waals surface area contributed by atoms with E-state index in [1.165, 1.54) is 0 Å². The van der Waals surface area contributed by atoms with Crippen molar-refractivity contribution in [3.8, 4) is 0 Å². The van der Waals surface area contributed by atoms with Crippen molar-refractivity contribution in [1.29, 1.82) is 0 Å². The summed E-state index contributed by atoms with van der Waals surface area (Å²) in [5.74, 6) is -0.582. The summed E-state index contributed by atoms with van der Waals surface area (Å²) in [7, 11) is 0. The fourth-order valence-corrected chi connectivity index (χ4v) is 2.58. The van der Waals surface area contributed by atoms with Crippen LogP contribution in [0.2, 0.25) is 0 Å². The van der Waals surface area contributed by atoms with Crippen molar-refractivity contribution in [2.24, 2.45) is 0 Å². The smallest absolute Gasteiger partial charge is 0.330 e. The first-order chi connectivity index (χ1) is 9.24. The van der Waals surface area contributed by atoms with Crippen LogP contribution < -0.4 is 0 Å². The lowest BCUT2D eigenvalue weighted by Crippen LogP contribution is -2.39. The van der Waals surface area contributed by atoms with Gasteiger partial charge in [-0.2, -0.15) is 13.2 Å². The van der Waals surface area contributed by atoms with Gasteiger partial charge in [-0.1, -0.05) is 29.3 Å². The van der Waals surface area contributed by atoms with Crippen molar-refractivity contribution >= 4 is 44.4 Å². The largest absolute Gasteiger partial charge is 0.406 e. The first-order valence-corrected chi connectivity index (χ1v) is 7.93. The van der Waals surface area contributed by atoms with Crippen LogP contribution in [0.5, 0.6) is 0 Å². The Labute approximate surface area is 138 Å². The van der Waals surface area contributed by atoms with E-state index in [4.69, 9.17) is 0 Å². The molecule has 0 aliphatic heterocycles. The summed E-state index contributed by atoms with van der Waals surface area (Å²) < 4.78 is 39.1. The van der Waals surface area contributed by atoms with Crippen LogP contribution in [0.25, 0.3) is 0 Å². The van der Waals surface area contributed by atoms with Gasteiger partial charge in [0.05, 0.1) is 5.56 Å². The fourth-order valence-electron chi connectivity index (χ4n) is 1.65. The number of benzene rings is 1. The van der Waals surface area contributed by atoms with Crippen molar-refractivity contribution in [3.63, 3.8) is 0 Å². The fraction of sp³-hybridized carbons (Fsp3) is 0.462. The molecule has 0 saturated heterocycles. The van der Waals surface area contributed by atoms with Crippen molar-refractivity contribution in [3.05, 3.63) is 31.8 Å². The second-order valence-electron chi connectivity index (χ2n) is 4.32. The lowest BCUT2D eigenvalue weighted by atomic mass is 10.2. The van der Waals surface area contributed by atoms with E-state index in [1.807, 2.05) is 29.5 Å². The molecule has 0 aromatic heterocycles. The quantitative estimate of drug-likeness (QED) is 0.571. The van der Waals surface area contributed by atoms with Crippen molar-refractivity contribution in [2.75, 3.05) is 13.1 Å². The maximum atomic E-state index is 12.6. The van der Waals surface area contributed by atoms with Gasteiger partial charge in [-0.3, -0.25) is 4.79 Å². The van der Waals surface area contributed by atoms with Crippen molar-refractivity contribution in [2.45, 2.75) is 25.9 Å². The zero-order valence-electron chi connectivity index (χ0n) is 10.8. The van der Waals surface area contributed by atoms with E-state index in [2.05, 4.69) is 15.9 Å². The zero-order chi connectivity index (χ0) is 15.3. The van der Waals surface area contributed by atoms with Gasteiger partial charge in [0.2, 0.25) is 0 Å². The van der Waals surface area contributed by atoms with Gasteiger partial charge in [0.1, 0.15) is 6.54 Å². The second kappa shape index (κ2) is 7.63. The van der Waals surface area contributed by atoms with Crippen LogP contribution in [0.3, 0.4) is 0 Å². The Morgan fingerprint density at radius 3 is 2.60 bits per heavy atom. The maximum Gasteiger partial charge on any atom is 0.406 e. The Hall–Kier alpha value is -0.310. The van der Waals surface area contributed by atoms with Gasteiger partial charge in [-0.05, 0) is 47.2 Å². The predicted molar refractivity (Wildman–Crippen MR) is 83.7 cm³/mol. The highest BCUT2D eigenvalue weighted by Gasteiger charge is 2.33. The standard InChI is InChI=1S/C13H14BrF3INO/c1-2-3-6-19(8-13(15,16)17)12(20)10-7-9(14)4-5-11(10)18/h4-5,7H,2-3,6,8H2,1H3. The summed E-state index contributed by atoms with van der Waals surface area (Å²) in [6, 6.07) is 5.00. The molecule has 0 bridgehead atoms. The van der Waals surface area contributed by atoms with Crippen LogP contribution in [0.1, 0.15) is 30.1 Å². The Bertz CT molecular complexity index is 479. The molecule has 1 aromatic rings. The summed E-state index contributed by atoms with van der Waals surface area (Å²) in [6.07, 6.45) is -3.11. The highest BCUT2D eigenvalue weighted by molar-refractivity contribution is 14.1. The van der Waals surface area contributed by atoms with E-state index in [1.54, 1.807) is 18.2 Å². The van der Waals surface area contributed by atoms with Crippen LogP contribution in [-0.2, 0) is 0 Å². The highest BCUT2D eigenvalue weighted by Crippen LogP contribution is 2.23. The summed E-state index contributed by atoms with van der Waals surface area (Å²) in [4.78, 5) is 13.2. The lowest BCUT2D eigenvalue weighted by molar-refractivity contribution is -0.140. The van der Waals surface area contributed by atoms with Crippen LogP contribution in [0, 0.1) is 3.57 Å². The predicted octanol–water partition coefficient (Wildman–Crippen LogP) is 4.86. The maximum absolute atomic E-state index is 12.6. The molecular formula is C13H14BrF3INO. The minimum atomic E-state index is -4.39. The zero-order valence-corrected chi connectivity index (χ0v) is 14.5. The summed E-state index contributed by atoms with van der Waals surface area (Å²) in [5.41, 5.74) is 0.292. The summed E-state index contributed by atoms with van der Waals surface area (Å²) >= 11 is 5.18. The average Bonchev–Trinajstić information content (AvgIpc) is 2.35. The molecule has 1 rings (SSSR count). The number of alkyl halides is 3. The number of hydrogen-bond acceptors (Lipinski definition) is 1. The first-order valence-electron chi connectivity index (χ1n) is 6.05. The summed E-state index contributed by atoms with van der Waals surface area (Å²) in [6.45, 7) is 0.769. The third-order valence-corrected chi connectivity index (χ3v) is 4.03. The number of halogens is 5. The van der Waals surface area contributed by atoms with Crippen molar-refractivity contribution < 1.29 is 18.0 Å². The van der Waals surface area contributed by atoms with E-state index in [0.29, 0.717) is 20.0 Å². The molecule has 0 unspecified atom stereocenters. The van der Waals surface area contributed by atoms with Gasteiger partial charge in [0, 0.05) is 14.6 Å². The Kier molecular flexibility index (Phi) is 6.77. The highest BCUT2D eigenvalue weighted by atomic mass is 127. The van der Waals surface area contributed by atoms with Crippen LogP contribution in [0.15, 0.2) is 22.7 Å². The minimum absolute atomic E-state index is 0.109. The molecule has 0 fully saturated rings. The van der Waals surface area contributed by atoms with Crippen LogP contribution in [0.4, 0.5) is 13.2 Å². The minimum Gasteiger partial charge on any atom is -0.330 e. The van der Waals surface area contributed by atoms with Crippen LogP contribution >= 0.6 is 38.5 Å². The number of carbonyl (C=O) groups is 1. The molecule has 2 nitrogen and oxygen atoms in total. The lowest BCUT2D eigenvalue weighted by Gasteiger charge is -2.24. The number of unbranched alkanes of at least 4 members (excludes halogenated alkanes) is 1. The Balaban J connectivity index is 2.99. The molecule has 1 aromatic carbocycles. The molecule has 7 heteroatoms. The van der Waals surface area contributed by atoms with E-state index in [-0.39, 0.29) is 6.54 Å². The number of carbonyl (C=O) groups excluding carboxylic acids is 1. The molecule has 0 N–H and O–H groups in total. The third-order valence-electron chi connectivity index (χ3n) is 2.60. The molecule has 0 spiro atoms. The van der Waals surface area contributed by atoms with E-state index in [0.717, 1.165) is 11.3 Å². The number of nitrogens with zero attached hydrogens (tertiary/aromatic N) is 1. The molecule has 0 radical (unpaired) electrons. The van der Waals surface area contributed by atoms with Gasteiger partial charge >= 0.3 is 6.18 Å². The number of amides is 1. The number of rotatable bonds is 5. The van der Waals surface area contributed by atoms with Crippen molar-refractivity contribution in [1.82, 2.24) is 4.90 Å². The van der Waals surface area contributed by atoms with Gasteiger partial charge in [-0.15, -0.1) is 0 Å². The molecule has 0 aliphatic rings. The van der Waals surface area contributed by atoms with Gasteiger partial charge in [0.25, 0.3) is 5.91 Å². The molecular weight excluding hydrogens is 450 g/mol. The van der Waals surface area contributed by atoms with Gasteiger partial charge < -0.3 is 4.90 Å². The molecule has 1 amide bonds. The Morgan fingerprint density at radius 2 is 2.05 bits per heavy atom. The number of hydrogen-bond donors (Lipinski definition) is 0. The van der Waals surface area contributed by atoms with Gasteiger partial charge in [-0.25, -0.2) is 0 Å². The Morgan fingerprint density at radius 1 is 1.40 bits per heavy atom. The molecule has 0 aliphatic carbocycles. The molecule has 20 heavy (non-hydrogen) atoms. The molecule has 0 saturated carbocycles. The second-order valence-corrected chi connectivity index (χ2v) is 6.40. The van der Waals surface area contributed by atoms with Crippen LogP contribution in [-0.4, -0.2) is 30.1 Å². The first kappa shape index (κ1) is 17.7. The topological polar surface area (TPSA) is 20.3 Å². The van der Waals surface area contributed by atoms with E-state index >= 15 is 0 Å². The van der Waals surface area contributed by atoms with E-state index in [9.17, 15) is 18.0 Å². The molecule has 112 valence electrons. The van der Waals surface area contributed by atoms with Gasteiger partial charge in [0.15, 0.2) is 0 Å². The molecule has 0 heterocycles. The molecule has 0 atom stereocenters.